The summed E-state index contributed by atoms with van der Waals surface area (Å²) >= 11 is 0. The van der Waals surface area contributed by atoms with Gasteiger partial charge in [-0.25, -0.2) is 0 Å². The van der Waals surface area contributed by atoms with Crippen LogP contribution in [0.5, 0.6) is 11.5 Å². The van der Waals surface area contributed by atoms with Gasteiger partial charge in [-0.05, 0) is 48.5 Å². The fourth-order valence-electron chi connectivity index (χ4n) is 2.63. The van der Waals surface area contributed by atoms with Gasteiger partial charge >= 0.3 is 8.56 Å². The maximum Gasteiger partial charge on any atom is 0.332 e. The van der Waals surface area contributed by atoms with Gasteiger partial charge in [0.05, 0.1) is 26.4 Å². The van der Waals surface area contributed by atoms with Crippen LogP contribution in [0.25, 0.3) is 0 Å². The molecule has 156 valence electrons. The first-order valence-electron chi connectivity index (χ1n) is 10.0. The predicted octanol–water partition coefficient (Wildman–Crippen LogP) is 3.68. The van der Waals surface area contributed by atoms with E-state index in [1.807, 2.05) is 48.5 Å². The highest BCUT2D eigenvalue weighted by molar-refractivity contribution is 6.64. The van der Waals surface area contributed by atoms with Gasteiger partial charge in [-0.1, -0.05) is 24.3 Å². The molecule has 4 rings (SSSR count). The highest BCUT2D eigenvalue weighted by Crippen LogP contribution is 2.20. The first-order valence-corrected chi connectivity index (χ1v) is 12.8. The standard InChI is InChI=1S/C22H28O6Si/c1-29(2,27-11-17-3-7-19(8-4-17)23-13-21-15-25-21)28-12-18-5-9-20(10-6-18)24-14-22-16-26-22/h3-10,21-22H,11-16H2,1-2H3. The lowest BCUT2D eigenvalue weighted by Crippen LogP contribution is -2.34. The maximum atomic E-state index is 6.10. The Hall–Kier alpha value is -1.90. The van der Waals surface area contributed by atoms with Crippen LogP contribution < -0.4 is 9.47 Å². The molecule has 2 fully saturated rings. The summed E-state index contributed by atoms with van der Waals surface area (Å²) in [6, 6.07) is 16.0. The molecule has 0 bridgehead atoms. The molecule has 2 unspecified atom stereocenters. The van der Waals surface area contributed by atoms with Gasteiger partial charge in [-0.2, -0.15) is 0 Å². The molecule has 0 aromatic heterocycles. The smallest absolute Gasteiger partial charge is 0.332 e. The van der Waals surface area contributed by atoms with Gasteiger partial charge in [0, 0.05) is 0 Å². The van der Waals surface area contributed by atoms with Crippen molar-refractivity contribution in [2.24, 2.45) is 0 Å². The average Bonchev–Trinajstić information content (AvgIpc) is 3.64. The fraction of sp³-hybridized carbons (Fsp3) is 0.455. The molecule has 0 saturated carbocycles. The Morgan fingerprint density at radius 3 is 1.45 bits per heavy atom. The van der Waals surface area contributed by atoms with Crippen LogP contribution in [0.4, 0.5) is 0 Å². The van der Waals surface area contributed by atoms with E-state index in [1.165, 1.54) is 0 Å². The lowest BCUT2D eigenvalue weighted by atomic mass is 10.2. The Labute approximate surface area is 172 Å². The fourth-order valence-corrected chi connectivity index (χ4v) is 3.74. The highest BCUT2D eigenvalue weighted by atomic mass is 28.4. The topological polar surface area (TPSA) is 62.0 Å². The normalized spacial score (nSPS) is 20.3. The minimum absolute atomic E-state index is 0.267. The average molecular weight is 417 g/mol. The van der Waals surface area contributed by atoms with Gasteiger partial charge in [0.25, 0.3) is 0 Å². The lowest BCUT2D eigenvalue weighted by molar-refractivity contribution is 0.164. The minimum Gasteiger partial charge on any atom is -0.491 e. The number of rotatable bonds is 12. The van der Waals surface area contributed by atoms with E-state index in [1.54, 1.807) is 0 Å². The van der Waals surface area contributed by atoms with Crippen LogP contribution in [0.15, 0.2) is 48.5 Å². The Morgan fingerprint density at radius 2 is 1.10 bits per heavy atom. The molecule has 7 heteroatoms. The summed E-state index contributed by atoms with van der Waals surface area (Å²) in [7, 11) is -2.24. The Kier molecular flexibility index (Phi) is 6.52. The summed E-state index contributed by atoms with van der Waals surface area (Å²) in [5.74, 6) is 1.71. The summed E-state index contributed by atoms with van der Waals surface area (Å²) in [5.41, 5.74) is 2.20. The number of ether oxygens (including phenoxy) is 4. The first kappa shape index (κ1) is 20.4. The minimum atomic E-state index is -2.24. The molecular formula is C22H28O6Si. The van der Waals surface area contributed by atoms with Crippen molar-refractivity contribution in [1.29, 1.82) is 0 Å². The highest BCUT2D eigenvalue weighted by Gasteiger charge is 2.25. The zero-order valence-electron chi connectivity index (χ0n) is 17.0. The monoisotopic (exact) mass is 416 g/mol. The van der Waals surface area contributed by atoms with Crippen LogP contribution in [-0.2, 0) is 31.5 Å². The van der Waals surface area contributed by atoms with Crippen LogP contribution in [-0.4, -0.2) is 47.2 Å². The number of hydrogen-bond acceptors (Lipinski definition) is 6. The molecular weight excluding hydrogens is 388 g/mol. The van der Waals surface area contributed by atoms with Gasteiger partial charge in [-0.3, -0.25) is 0 Å². The third kappa shape index (κ3) is 7.13. The van der Waals surface area contributed by atoms with Crippen LogP contribution >= 0.6 is 0 Å². The third-order valence-electron chi connectivity index (χ3n) is 4.70. The van der Waals surface area contributed by atoms with Crippen LogP contribution in [0.2, 0.25) is 13.1 Å². The van der Waals surface area contributed by atoms with E-state index in [0.717, 1.165) is 35.8 Å². The zero-order chi connectivity index (χ0) is 20.1. The van der Waals surface area contributed by atoms with E-state index in [-0.39, 0.29) is 12.2 Å². The summed E-state index contributed by atoms with van der Waals surface area (Å²) < 4.78 is 33.8. The maximum absolute atomic E-state index is 6.10. The predicted molar refractivity (Wildman–Crippen MR) is 110 cm³/mol. The molecule has 0 radical (unpaired) electrons. The van der Waals surface area contributed by atoms with E-state index >= 15 is 0 Å². The second kappa shape index (κ2) is 9.28. The SMILES string of the molecule is C[Si](C)(OCc1ccc(OCC2CO2)cc1)OCc1ccc(OCC2CO2)cc1. The molecule has 2 aliphatic heterocycles. The second-order valence-corrected chi connectivity index (χ2v) is 11.2. The first-order chi connectivity index (χ1) is 14.1. The van der Waals surface area contributed by atoms with Crippen LogP contribution in [0.3, 0.4) is 0 Å². The Morgan fingerprint density at radius 1 is 0.724 bits per heavy atom. The van der Waals surface area contributed by atoms with Crippen molar-refractivity contribution in [3.05, 3.63) is 59.7 Å². The molecule has 0 amide bonds. The molecule has 2 aliphatic rings. The molecule has 2 saturated heterocycles. The quantitative estimate of drug-likeness (QED) is 0.389. The number of benzene rings is 2. The summed E-state index contributed by atoms with van der Waals surface area (Å²) in [4.78, 5) is 0. The molecule has 2 atom stereocenters. The van der Waals surface area contributed by atoms with Gasteiger partial charge < -0.3 is 27.8 Å². The van der Waals surface area contributed by atoms with Gasteiger partial charge in [0.2, 0.25) is 0 Å². The van der Waals surface area contributed by atoms with Gasteiger partial charge in [0.1, 0.15) is 36.9 Å². The van der Waals surface area contributed by atoms with E-state index in [4.69, 9.17) is 27.8 Å². The molecule has 0 N–H and O–H groups in total. The van der Waals surface area contributed by atoms with Crippen molar-refractivity contribution in [2.45, 2.75) is 38.5 Å². The molecule has 2 heterocycles. The third-order valence-corrected chi connectivity index (χ3v) is 6.38. The lowest BCUT2D eigenvalue weighted by Gasteiger charge is -2.23. The Bertz CT molecular complexity index is 703. The molecule has 2 aromatic rings. The van der Waals surface area contributed by atoms with Crippen molar-refractivity contribution in [2.75, 3.05) is 26.4 Å². The van der Waals surface area contributed by atoms with Crippen molar-refractivity contribution < 1.29 is 27.8 Å². The van der Waals surface area contributed by atoms with E-state index in [2.05, 4.69) is 13.1 Å². The Balaban J connectivity index is 1.18. The van der Waals surface area contributed by atoms with Crippen LogP contribution in [0, 0.1) is 0 Å². The molecule has 2 aromatic carbocycles. The summed E-state index contributed by atoms with van der Waals surface area (Å²) in [6.45, 7) is 8.03. The van der Waals surface area contributed by atoms with Crippen molar-refractivity contribution in [1.82, 2.24) is 0 Å². The van der Waals surface area contributed by atoms with Gasteiger partial charge in [0.15, 0.2) is 0 Å². The summed E-state index contributed by atoms with van der Waals surface area (Å²) in [5, 5.41) is 0. The molecule has 0 aliphatic carbocycles. The van der Waals surface area contributed by atoms with Crippen molar-refractivity contribution in [3.63, 3.8) is 0 Å². The van der Waals surface area contributed by atoms with E-state index in [9.17, 15) is 0 Å². The molecule has 6 nitrogen and oxygen atoms in total. The van der Waals surface area contributed by atoms with Crippen molar-refractivity contribution >= 4 is 8.56 Å². The number of hydrogen-bond donors (Lipinski definition) is 0. The molecule has 29 heavy (non-hydrogen) atoms. The largest absolute Gasteiger partial charge is 0.491 e. The van der Waals surface area contributed by atoms with Gasteiger partial charge in [-0.15, -0.1) is 0 Å². The zero-order valence-corrected chi connectivity index (χ0v) is 18.0. The summed E-state index contributed by atoms with van der Waals surface area (Å²) in [6.07, 6.45) is 0.533. The number of epoxide rings is 2. The van der Waals surface area contributed by atoms with E-state index in [0.29, 0.717) is 26.4 Å². The van der Waals surface area contributed by atoms with E-state index < -0.39 is 8.56 Å². The van der Waals surface area contributed by atoms with Crippen molar-refractivity contribution in [3.8, 4) is 11.5 Å². The van der Waals surface area contributed by atoms with Crippen LogP contribution in [0.1, 0.15) is 11.1 Å². The molecule has 0 spiro atoms. The second-order valence-electron chi connectivity index (χ2n) is 7.80.